The van der Waals surface area contributed by atoms with Crippen LogP contribution in [0.1, 0.15) is 12.5 Å². The van der Waals surface area contributed by atoms with Crippen molar-refractivity contribution in [3.05, 3.63) is 76.8 Å². The second kappa shape index (κ2) is 9.08. The maximum atomic E-state index is 6.32. The SMILES string of the molecule is C=CCn1c(-c2cccnc2)nn(CN(CC)Cc2ccccc2Cl)c1=S. The van der Waals surface area contributed by atoms with Gasteiger partial charge in [-0.25, -0.2) is 4.68 Å². The Morgan fingerprint density at radius 2 is 2.07 bits per heavy atom. The molecule has 2 aromatic heterocycles. The van der Waals surface area contributed by atoms with Crippen LogP contribution in [0, 0.1) is 4.77 Å². The Hall–Kier alpha value is -2.28. The number of nitrogens with zero attached hydrogens (tertiary/aromatic N) is 5. The minimum Gasteiger partial charge on any atom is -0.296 e. The fraction of sp³-hybridized carbons (Fsp3) is 0.250. The normalized spacial score (nSPS) is 11.1. The molecule has 3 aromatic rings. The second-order valence-electron chi connectivity index (χ2n) is 6.12. The van der Waals surface area contributed by atoms with Gasteiger partial charge in [-0.3, -0.25) is 14.5 Å². The average Bonchev–Trinajstić information content (AvgIpc) is 3.00. The Kier molecular flexibility index (Phi) is 6.55. The van der Waals surface area contributed by atoms with Gasteiger partial charge in [-0.15, -0.1) is 6.58 Å². The highest BCUT2D eigenvalue weighted by Gasteiger charge is 2.15. The fourth-order valence-corrected chi connectivity index (χ4v) is 3.31. The molecule has 0 bridgehead atoms. The van der Waals surface area contributed by atoms with Crippen LogP contribution >= 0.6 is 23.8 Å². The van der Waals surface area contributed by atoms with Crippen molar-refractivity contribution in [2.75, 3.05) is 6.54 Å². The Morgan fingerprint density at radius 1 is 1.26 bits per heavy atom. The van der Waals surface area contributed by atoms with E-state index in [-0.39, 0.29) is 0 Å². The Morgan fingerprint density at radius 3 is 2.74 bits per heavy atom. The maximum absolute atomic E-state index is 6.32. The van der Waals surface area contributed by atoms with Crippen LogP contribution in [0.2, 0.25) is 5.02 Å². The molecule has 5 nitrogen and oxygen atoms in total. The summed E-state index contributed by atoms with van der Waals surface area (Å²) in [5.41, 5.74) is 2.02. The van der Waals surface area contributed by atoms with E-state index in [9.17, 15) is 0 Å². The van der Waals surface area contributed by atoms with Crippen molar-refractivity contribution in [1.29, 1.82) is 0 Å². The van der Waals surface area contributed by atoms with Gasteiger partial charge in [0.2, 0.25) is 0 Å². The third-order valence-electron chi connectivity index (χ3n) is 4.29. The molecule has 140 valence electrons. The summed E-state index contributed by atoms with van der Waals surface area (Å²) in [6.45, 7) is 8.71. The predicted octanol–water partition coefficient (Wildman–Crippen LogP) is 4.80. The van der Waals surface area contributed by atoms with Crippen LogP contribution in [-0.4, -0.2) is 30.8 Å². The molecule has 1 aromatic carbocycles. The lowest BCUT2D eigenvalue weighted by atomic mass is 10.2. The molecule has 0 aliphatic carbocycles. The Labute approximate surface area is 169 Å². The van der Waals surface area contributed by atoms with Crippen LogP contribution in [0.4, 0.5) is 0 Å². The van der Waals surface area contributed by atoms with E-state index in [4.69, 9.17) is 28.9 Å². The number of hydrogen-bond acceptors (Lipinski definition) is 4. The number of pyridine rings is 1. The molecule has 3 rings (SSSR count). The zero-order valence-corrected chi connectivity index (χ0v) is 16.8. The molecule has 0 atom stereocenters. The van der Waals surface area contributed by atoms with Crippen molar-refractivity contribution >= 4 is 23.8 Å². The van der Waals surface area contributed by atoms with E-state index in [1.807, 2.05) is 51.7 Å². The van der Waals surface area contributed by atoms with Crippen LogP contribution in [0.25, 0.3) is 11.4 Å². The lowest BCUT2D eigenvalue weighted by Gasteiger charge is -2.20. The van der Waals surface area contributed by atoms with Gasteiger partial charge in [0.15, 0.2) is 10.6 Å². The highest BCUT2D eigenvalue weighted by Crippen LogP contribution is 2.20. The lowest BCUT2D eigenvalue weighted by molar-refractivity contribution is 0.207. The zero-order valence-electron chi connectivity index (χ0n) is 15.3. The van der Waals surface area contributed by atoms with Crippen LogP contribution in [0.15, 0.2) is 61.4 Å². The number of rotatable bonds is 8. The number of aromatic nitrogens is 4. The van der Waals surface area contributed by atoms with Crippen molar-refractivity contribution in [1.82, 2.24) is 24.2 Å². The molecule has 0 fully saturated rings. The molecule has 0 N–H and O–H groups in total. The molecular weight excluding hydrogens is 378 g/mol. The first-order valence-corrected chi connectivity index (χ1v) is 9.57. The van der Waals surface area contributed by atoms with Crippen molar-refractivity contribution in [3.63, 3.8) is 0 Å². The molecular formula is C20H22ClN5S. The van der Waals surface area contributed by atoms with E-state index in [1.165, 1.54) is 0 Å². The van der Waals surface area contributed by atoms with Gasteiger partial charge in [-0.2, -0.15) is 5.10 Å². The van der Waals surface area contributed by atoms with Gasteiger partial charge in [0.1, 0.15) is 0 Å². The monoisotopic (exact) mass is 399 g/mol. The first-order valence-electron chi connectivity index (χ1n) is 8.78. The number of hydrogen-bond donors (Lipinski definition) is 0. The smallest absolute Gasteiger partial charge is 0.199 e. The third kappa shape index (κ3) is 4.53. The summed E-state index contributed by atoms with van der Waals surface area (Å²) in [5, 5.41) is 5.53. The van der Waals surface area contributed by atoms with Crippen LogP contribution in [0.3, 0.4) is 0 Å². The minimum atomic E-state index is 0.581. The molecule has 0 radical (unpaired) electrons. The molecule has 27 heavy (non-hydrogen) atoms. The maximum Gasteiger partial charge on any atom is 0.199 e. The molecule has 0 amide bonds. The summed E-state index contributed by atoms with van der Waals surface area (Å²) in [4.78, 5) is 6.44. The Bertz CT molecular complexity index is 964. The van der Waals surface area contributed by atoms with Crippen LogP contribution < -0.4 is 0 Å². The molecule has 0 unspecified atom stereocenters. The second-order valence-corrected chi connectivity index (χ2v) is 6.90. The van der Waals surface area contributed by atoms with Crippen molar-refractivity contribution in [3.8, 4) is 11.4 Å². The summed E-state index contributed by atoms with van der Waals surface area (Å²) >= 11 is 12.0. The van der Waals surface area contributed by atoms with Gasteiger partial charge >= 0.3 is 0 Å². The average molecular weight is 400 g/mol. The van der Waals surface area contributed by atoms with Crippen LogP contribution in [-0.2, 0) is 19.8 Å². The molecule has 0 saturated carbocycles. The third-order valence-corrected chi connectivity index (χ3v) is 5.09. The highest BCUT2D eigenvalue weighted by atomic mass is 35.5. The van der Waals surface area contributed by atoms with Crippen molar-refractivity contribution in [2.45, 2.75) is 26.7 Å². The molecule has 0 aliphatic heterocycles. The molecule has 7 heteroatoms. The van der Waals surface area contributed by atoms with Crippen molar-refractivity contribution < 1.29 is 0 Å². The first-order chi connectivity index (χ1) is 13.1. The first kappa shape index (κ1) is 19.5. The highest BCUT2D eigenvalue weighted by molar-refractivity contribution is 7.71. The predicted molar refractivity (Wildman–Crippen MR) is 112 cm³/mol. The zero-order chi connectivity index (χ0) is 19.2. The molecule has 0 aliphatic rings. The summed E-state index contributed by atoms with van der Waals surface area (Å²) in [6, 6.07) is 11.8. The quantitative estimate of drug-likeness (QED) is 0.403. The van der Waals surface area contributed by atoms with E-state index in [1.54, 1.807) is 12.4 Å². The molecule has 0 spiro atoms. The lowest BCUT2D eigenvalue weighted by Crippen LogP contribution is -2.26. The largest absolute Gasteiger partial charge is 0.296 e. The van der Waals surface area contributed by atoms with Crippen molar-refractivity contribution in [2.24, 2.45) is 0 Å². The summed E-state index contributed by atoms with van der Waals surface area (Å²) in [6.07, 6.45) is 5.36. The summed E-state index contributed by atoms with van der Waals surface area (Å²) in [7, 11) is 0. The number of benzene rings is 1. The number of halogens is 1. The van der Waals surface area contributed by atoms with E-state index in [0.717, 1.165) is 35.1 Å². The minimum absolute atomic E-state index is 0.581. The number of allylic oxidation sites excluding steroid dienone is 1. The summed E-state index contributed by atoms with van der Waals surface area (Å²) < 4.78 is 4.48. The van der Waals surface area contributed by atoms with Gasteiger partial charge in [-0.1, -0.05) is 42.8 Å². The Balaban J connectivity index is 1.90. The topological polar surface area (TPSA) is 38.9 Å². The van der Waals surface area contributed by atoms with Gasteiger partial charge < -0.3 is 0 Å². The van der Waals surface area contributed by atoms with Gasteiger partial charge in [0, 0.05) is 36.1 Å². The van der Waals surface area contributed by atoms with E-state index in [2.05, 4.69) is 23.4 Å². The van der Waals surface area contributed by atoms with E-state index in [0.29, 0.717) is 18.0 Å². The van der Waals surface area contributed by atoms with Gasteiger partial charge in [-0.05, 0) is 42.5 Å². The van der Waals surface area contributed by atoms with E-state index < -0.39 is 0 Å². The van der Waals surface area contributed by atoms with Crippen LogP contribution in [0.5, 0.6) is 0 Å². The fourth-order valence-electron chi connectivity index (χ4n) is 2.85. The van der Waals surface area contributed by atoms with Gasteiger partial charge in [0.05, 0.1) is 6.67 Å². The van der Waals surface area contributed by atoms with E-state index >= 15 is 0 Å². The molecule has 0 saturated heterocycles. The standard InChI is InChI=1S/C20H22ClN5S/c1-3-12-25-19(16-9-7-11-22-13-16)23-26(20(25)27)15-24(4-2)14-17-8-5-6-10-18(17)21/h3,5-11,13H,1,4,12,14-15H2,2H3. The molecule has 2 heterocycles. The summed E-state index contributed by atoms with van der Waals surface area (Å²) in [5.74, 6) is 0.793. The van der Waals surface area contributed by atoms with Gasteiger partial charge in [0.25, 0.3) is 0 Å².